The Morgan fingerprint density at radius 3 is 2.54 bits per heavy atom. The lowest BCUT2D eigenvalue weighted by atomic mass is 9.94. The maximum atomic E-state index is 12.5. The smallest absolute Gasteiger partial charge is 0.223 e. The van der Waals surface area contributed by atoms with E-state index in [1.54, 1.807) is 0 Å². The van der Waals surface area contributed by atoms with Crippen molar-refractivity contribution < 1.29 is 4.79 Å². The molecule has 0 bridgehead atoms. The Bertz CT molecular complexity index is 705. The van der Waals surface area contributed by atoms with Gasteiger partial charge in [-0.2, -0.15) is 0 Å². The van der Waals surface area contributed by atoms with Gasteiger partial charge >= 0.3 is 0 Å². The van der Waals surface area contributed by atoms with Crippen molar-refractivity contribution in [3.05, 3.63) is 71.3 Å². The third kappa shape index (κ3) is 5.18. The number of nitrogens with zero attached hydrogens (tertiary/aromatic N) is 1. The zero-order valence-corrected chi connectivity index (χ0v) is 15.9. The summed E-state index contributed by atoms with van der Waals surface area (Å²) in [5, 5.41) is 3.17. The highest BCUT2D eigenvalue weighted by Crippen LogP contribution is 2.20. The zero-order chi connectivity index (χ0) is 18.4. The molecule has 0 spiro atoms. The van der Waals surface area contributed by atoms with Gasteiger partial charge in [-0.3, -0.25) is 9.69 Å². The number of carbonyl (C=O) groups excluding carboxylic acids is 1. The minimum Gasteiger partial charge on any atom is -0.355 e. The maximum absolute atomic E-state index is 12.5. The van der Waals surface area contributed by atoms with E-state index in [9.17, 15) is 4.79 Å². The summed E-state index contributed by atoms with van der Waals surface area (Å²) in [6, 6.07) is 19.1. The molecule has 1 heterocycles. The minimum absolute atomic E-state index is 0.159. The molecule has 0 radical (unpaired) electrons. The first kappa shape index (κ1) is 18.7. The molecule has 138 valence electrons. The summed E-state index contributed by atoms with van der Waals surface area (Å²) in [6.07, 6.45) is 1.91. The van der Waals surface area contributed by atoms with Crippen LogP contribution in [0.15, 0.2) is 54.6 Å². The van der Waals surface area contributed by atoms with Gasteiger partial charge in [-0.1, -0.05) is 67.1 Å². The van der Waals surface area contributed by atoms with Gasteiger partial charge in [0.25, 0.3) is 0 Å². The summed E-state index contributed by atoms with van der Waals surface area (Å²) in [5.74, 6) is 0.733. The Morgan fingerprint density at radius 1 is 1.12 bits per heavy atom. The van der Waals surface area contributed by atoms with E-state index in [4.69, 9.17) is 0 Å². The second-order valence-electron chi connectivity index (χ2n) is 7.60. The summed E-state index contributed by atoms with van der Waals surface area (Å²) in [7, 11) is 0. The van der Waals surface area contributed by atoms with Crippen LogP contribution >= 0.6 is 0 Å². The average Bonchev–Trinajstić information content (AvgIpc) is 2.67. The topological polar surface area (TPSA) is 32.3 Å². The first-order chi connectivity index (χ1) is 12.6. The van der Waals surface area contributed by atoms with Crippen LogP contribution in [0.5, 0.6) is 0 Å². The standard InChI is InChI=1S/C23H30N2O/c1-18-7-6-8-20(15-18)17-25-13-11-22(12-14-25)23(26)24-16-19(2)21-9-4-3-5-10-21/h3-10,15,19,22H,11-14,16-17H2,1-2H3,(H,24,26)/t19-/m0/s1. The van der Waals surface area contributed by atoms with E-state index in [0.717, 1.165) is 32.5 Å². The normalized spacial score (nSPS) is 17.0. The van der Waals surface area contributed by atoms with Crippen molar-refractivity contribution in [1.82, 2.24) is 10.2 Å². The molecule has 0 unspecified atom stereocenters. The Hall–Kier alpha value is -2.13. The highest BCUT2D eigenvalue weighted by Gasteiger charge is 2.25. The maximum Gasteiger partial charge on any atom is 0.223 e. The average molecular weight is 351 g/mol. The van der Waals surface area contributed by atoms with Gasteiger partial charge in [0.15, 0.2) is 0 Å². The van der Waals surface area contributed by atoms with Gasteiger partial charge in [0.05, 0.1) is 0 Å². The van der Waals surface area contributed by atoms with Crippen molar-refractivity contribution in [3.8, 4) is 0 Å². The second-order valence-corrected chi connectivity index (χ2v) is 7.60. The molecule has 3 heteroatoms. The molecule has 1 fully saturated rings. The van der Waals surface area contributed by atoms with Crippen molar-refractivity contribution in [2.45, 2.75) is 39.2 Å². The first-order valence-corrected chi connectivity index (χ1v) is 9.72. The van der Waals surface area contributed by atoms with Gasteiger partial charge in [0.2, 0.25) is 5.91 Å². The van der Waals surface area contributed by atoms with Gasteiger partial charge in [0.1, 0.15) is 0 Å². The summed E-state index contributed by atoms with van der Waals surface area (Å²) >= 11 is 0. The molecule has 1 saturated heterocycles. The molecular formula is C23H30N2O. The number of benzene rings is 2. The van der Waals surface area contributed by atoms with Crippen molar-refractivity contribution in [2.24, 2.45) is 5.92 Å². The summed E-state index contributed by atoms with van der Waals surface area (Å²) < 4.78 is 0. The summed E-state index contributed by atoms with van der Waals surface area (Å²) in [4.78, 5) is 15.0. The first-order valence-electron chi connectivity index (χ1n) is 9.72. The number of likely N-dealkylation sites (tertiary alicyclic amines) is 1. The van der Waals surface area contributed by atoms with E-state index >= 15 is 0 Å². The number of nitrogens with one attached hydrogen (secondary N) is 1. The number of amides is 1. The van der Waals surface area contributed by atoms with Crippen LogP contribution in [-0.2, 0) is 11.3 Å². The molecule has 1 N–H and O–H groups in total. The number of carbonyl (C=O) groups is 1. The van der Waals surface area contributed by atoms with Crippen molar-refractivity contribution in [2.75, 3.05) is 19.6 Å². The van der Waals surface area contributed by atoms with Gasteiger partial charge < -0.3 is 5.32 Å². The number of aryl methyl sites for hydroxylation is 1. The largest absolute Gasteiger partial charge is 0.355 e. The van der Waals surface area contributed by atoms with Crippen LogP contribution in [-0.4, -0.2) is 30.4 Å². The molecule has 0 aliphatic carbocycles. The molecular weight excluding hydrogens is 320 g/mol. The van der Waals surface area contributed by atoms with Crippen LogP contribution < -0.4 is 5.32 Å². The van der Waals surface area contributed by atoms with Gasteiger partial charge in [0, 0.05) is 19.0 Å². The molecule has 26 heavy (non-hydrogen) atoms. The third-order valence-electron chi connectivity index (χ3n) is 5.40. The Morgan fingerprint density at radius 2 is 1.85 bits per heavy atom. The van der Waals surface area contributed by atoms with Gasteiger partial charge in [-0.25, -0.2) is 0 Å². The molecule has 1 aliphatic rings. The van der Waals surface area contributed by atoms with Crippen LogP contribution in [0.25, 0.3) is 0 Å². The molecule has 2 aromatic rings. The lowest BCUT2D eigenvalue weighted by Gasteiger charge is -2.31. The number of rotatable bonds is 6. The fraction of sp³-hybridized carbons (Fsp3) is 0.435. The van der Waals surface area contributed by atoms with Crippen molar-refractivity contribution >= 4 is 5.91 Å². The van der Waals surface area contributed by atoms with Crippen LogP contribution in [0, 0.1) is 12.8 Å². The Balaban J connectivity index is 1.42. The molecule has 0 saturated carbocycles. The number of hydrogen-bond acceptors (Lipinski definition) is 2. The zero-order valence-electron chi connectivity index (χ0n) is 15.9. The molecule has 1 aliphatic heterocycles. The van der Waals surface area contributed by atoms with E-state index in [1.165, 1.54) is 16.7 Å². The van der Waals surface area contributed by atoms with Gasteiger partial charge in [-0.05, 0) is 49.9 Å². The van der Waals surface area contributed by atoms with Crippen molar-refractivity contribution in [1.29, 1.82) is 0 Å². The molecule has 3 nitrogen and oxygen atoms in total. The predicted octanol–water partition coefficient (Wildman–Crippen LogP) is 4.13. The number of hydrogen-bond donors (Lipinski definition) is 1. The van der Waals surface area contributed by atoms with E-state index in [1.807, 2.05) is 6.07 Å². The molecule has 1 amide bonds. The highest BCUT2D eigenvalue weighted by molar-refractivity contribution is 5.78. The monoisotopic (exact) mass is 350 g/mol. The van der Waals surface area contributed by atoms with Crippen LogP contribution in [0.4, 0.5) is 0 Å². The van der Waals surface area contributed by atoms with Crippen LogP contribution in [0.1, 0.15) is 42.4 Å². The minimum atomic E-state index is 0.159. The third-order valence-corrected chi connectivity index (χ3v) is 5.40. The van der Waals surface area contributed by atoms with E-state index in [2.05, 4.69) is 72.6 Å². The molecule has 0 aromatic heterocycles. The number of piperidine rings is 1. The molecule has 1 atom stereocenters. The van der Waals surface area contributed by atoms with Crippen LogP contribution in [0.2, 0.25) is 0 Å². The van der Waals surface area contributed by atoms with Gasteiger partial charge in [-0.15, -0.1) is 0 Å². The summed E-state index contributed by atoms with van der Waals surface area (Å²) in [5.41, 5.74) is 3.95. The van der Waals surface area contributed by atoms with E-state index in [0.29, 0.717) is 12.5 Å². The quantitative estimate of drug-likeness (QED) is 0.850. The lowest BCUT2D eigenvalue weighted by Crippen LogP contribution is -2.41. The van der Waals surface area contributed by atoms with E-state index in [-0.39, 0.29) is 11.8 Å². The van der Waals surface area contributed by atoms with Crippen molar-refractivity contribution in [3.63, 3.8) is 0 Å². The molecule has 3 rings (SSSR count). The lowest BCUT2D eigenvalue weighted by molar-refractivity contribution is -0.126. The second kappa shape index (κ2) is 9.00. The summed E-state index contributed by atoms with van der Waals surface area (Å²) in [6.45, 7) is 8.00. The van der Waals surface area contributed by atoms with Crippen LogP contribution in [0.3, 0.4) is 0 Å². The van der Waals surface area contributed by atoms with E-state index < -0.39 is 0 Å². The Kier molecular flexibility index (Phi) is 6.45. The fourth-order valence-electron chi connectivity index (χ4n) is 3.72. The molecule has 2 aromatic carbocycles. The highest BCUT2D eigenvalue weighted by atomic mass is 16.1. The Labute approximate surface area is 157 Å². The SMILES string of the molecule is Cc1cccc(CN2CCC(C(=O)NC[C@H](C)c3ccccc3)CC2)c1. The predicted molar refractivity (Wildman–Crippen MR) is 107 cm³/mol. The fourth-order valence-corrected chi connectivity index (χ4v) is 3.72.